The van der Waals surface area contributed by atoms with Gasteiger partial charge in [0, 0.05) is 18.7 Å². The highest BCUT2D eigenvalue weighted by molar-refractivity contribution is 5.92. The highest BCUT2D eigenvalue weighted by Crippen LogP contribution is 1.96. The Bertz CT molecular complexity index is 137. The Morgan fingerprint density at radius 1 is 1.25 bits per heavy atom. The molecular formula is C10H21NO. The summed E-state index contributed by atoms with van der Waals surface area (Å²) in [5.74, 6) is 0.0602. The van der Waals surface area contributed by atoms with E-state index < -0.39 is 0 Å². The molecule has 0 heterocycles. The molecule has 12 heavy (non-hydrogen) atoms. The second kappa shape index (κ2) is 8.31. The van der Waals surface area contributed by atoms with Gasteiger partial charge in [0.25, 0.3) is 0 Å². The molecule has 0 N–H and O–H groups in total. The van der Waals surface area contributed by atoms with Crippen LogP contribution in [0.4, 0.5) is 0 Å². The average Bonchev–Trinajstić information content (AvgIpc) is 2.10. The van der Waals surface area contributed by atoms with E-state index in [1.807, 2.05) is 27.7 Å². The minimum absolute atomic E-state index is 0.0602. The molecule has 0 aromatic carbocycles. The second-order valence-electron chi connectivity index (χ2n) is 2.26. The summed E-state index contributed by atoms with van der Waals surface area (Å²) in [6.45, 7) is 14.8. The third-order valence-electron chi connectivity index (χ3n) is 1.42. The average molecular weight is 171 g/mol. The van der Waals surface area contributed by atoms with Crippen molar-refractivity contribution < 1.29 is 4.79 Å². The summed E-state index contributed by atoms with van der Waals surface area (Å²) in [4.78, 5) is 12.9. The molecule has 0 saturated heterocycles. The van der Waals surface area contributed by atoms with Crippen molar-refractivity contribution in [2.75, 3.05) is 13.1 Å². The van der Waals surface area contributed by atoms with Crippen molar-refractivity contribution in [3.63, 3.8) is 0 Å². The number of rotatable bonds is 3. The van der Waals surface area contributed by atoms with E-state index in [0.29, 0.717) is 5.57 Å². The van der Waals surface area contributed by atoms with E-state index in [2.05, 4.69) is 6.58 Å². The number of hydrogen-bond acceptors (Lipinski definition) is 1. The van der Waals surface area contributed by atoms with Crippen molar-refractivity contribution in [1.82, 2.24) is 4.90 Å². The first-order valence-electron chi connectivity index (χ1n) is 4.58. The number of likely N-dealkylation sites (N-methyl/N-ethyl adjacent to an activating group) is 1. The zero-order valence-corrected chi connectivity index (χ0v) is 8.98. The van der Waals surface area contributed by atoms with Crippen LogP contribution >= 0.6 is 0 Å². The van der Waals surface area contributed by atoms with Crippen LogP contribution in [0, 0.1) is 0 Å². The maximum absolute atomic E-state index is 11.1. The molecule has 0 unspecified atom stereocenters. The molecule has 0 spiro atoms. The van der Waals surface area contributed by atoms with Crippen LogP contribution in [0.3, 0.4) is 0 Å². The molecule has 0 aliphatic carbocycles. The van der Waals surface area contributed by atoms with E-state index in [1.165, 1.54) is 0 Å². The lowest BCUT2D eigenvalue weighted by Crippen LogP contribution is -2.30. The monoisotopic (exact) mass is 171 g/mol. The zero-order chi connectivity index (χ0) is 10.1. The normalized spacial score (nSPS) is 8.08. The standard InChI is InChI=1S/C8H15NO.C2H6/c1-5-9(6-2)8(10)7(3)4;1-2/h3,5-6H2,1-2,4H3;1-2H3. The SMILES string of the molecule is C=C(C)C(=O)N(CC)CC.CC. The molecule has 0 fully saturated rings. The predicted octanol–water partition coefficient (Wildman–Crippen LogP) is 2.46. The Kier molecular flexibility index (Phi) is 9.54. The molecule has 2 nitrogen and oxygen atoms in total. The van der Waals surface area contributed by atoms with Crippen LogP contribution < -0.4 is 0 Å². The second-order valence-corrected chi connectivity index (χ2v) is 2.26. The molecule has 72 valence electrons. The Hall–Kier alpha value is -0.790. The van der Waals surface area contributed by atoms with E-state index in [9.17, 15) is 4.79 Å². The first-order chi connectivity index (χ1) is 5.63. The summed E-state index contributed by atoms with van der Waals surface area (Å²) in [7, 11) is 0. The van der Waals surface area contributed by atoms with Crippen LogP contribution in [0.5, 0.6) is 0 Å². The number of hydrogen-bond donors (Lipinski definition) is 0. The van der Waals surface area contributed by atoms with Crippen LogP contribution in [-0.4, -0.2) is 23.9 Å². The first-order valence-corrected chi connectivity index (χ1v) is 4.58. The van der Waals surface area contributed by atoms with Crippen molar-refractivity contribution in [3.05, 3.63) is 12.2 Å². The van der Waals surface area contributed by atoms with Crippen LogP contribution in [0.2, 0.25) is 0 Å². The number of carbonyl (C=O) groups is 1. The van der Waals surface area contributed by atoms with Crippen molar-refractivity contribution in [2.45, 2.75) is 34.6 Å². The van der Waals surface area contributed by atoms with Gasteiger partial charge in [-0.2, -0.15) is 0 Å². The van der Waals surface area contributed by atoms with E-state index in [-0.39, 0.29) is 5.91 Å². The Morgan fingerprint density at radius 3 is 1.67 bits per heavy atom. The van der Waals surface area contributed by atoms with E-state index in [0.717, 1.165) is 13.1 Å². The van der Waals surface area contributed by atoms with Crippen molar-refractivity contribution in [3.8, 4) is 0 Å². The van der Waals surface area contributed by atoms with E-state index in [4.69, 9.17) is 0 Å². The third kappa shape index (κ3) is 4.94. The van der Waals surface area contributed by atoms with Gasteiger partial charge in [-0.3, -0.25) is 4.79 Å². The number of amides is 1. The smallest absolute Gasteiger partial charge is 0.248 e. The van der Waals surface area contributed by atoms with Gasteiger partial charge in [-0.05, 0) is 20.8 Å². The van der Waals surface area contributed by atoms with Crippen molar-refractivity contribution in [1.29, 1.82) is 0 Å². The Labute approximate surface area is 76.3 Å². The summed E-state index contributed by atoms with van der Waals surface area (Å²) >= 11 is 0. The lowest BCUT2D eigenvalue weighted by atomic mass is 10.3. The maximum atomic E-state index is 11.1. The van der Waals surface area contributed by atoms with Gasteiger partial charge in [0.15, 0.2) is 0 Å². The predicted molar refractivity (Wildman–Crippen MR) is 54.1 cm³/mol. The molecule has 0 atom stereocenters. The van der Waals surface area contributed by atoms with E-state index in [1.54, 1.807) is 11.8 Å². The Morgan fingerprint density at radius 2 is 1.58 bits per heavy atom. The van der Waals surface area contributed by atoms with Crippen LogP contribution in [0.1, 0.15) is 34.6 Å². The van der Waals surface area contributed by atoms with Gasteiger partial charge in [0.1, 0.15) is 0 Å². The summed E-state index contributed by atoms with van der Waals surface area (Å²) < 4.78 is 0. The lowest BCUT2D eigenvalue weighted by Gasteiger charge is -2.17. The summed E-state index contributed by atoms with van der Waals surface area (Å²) in [5.41, 5.74) is 0.615. The quantitative estimate of drug-likeness (QED) is 0.597. The van der Waals surface area contributed by atoms with Gasteiger partial charge in [-0.15, -0.1) is 0 Å². The summed E-state index contributed by atoms with van der Waals surface area (Å²) in [5, 5.41) is 0. The van der Waals surface area contributed by atoms with Gasteiger partial charge in [0.05, 0.1) is 0 Å². The van der Waals surface area contributed by atoms with Gasteiger partial charge in [-0.1, -0.05) is 20.4 Å². The molecule has 0 saturated carbocycles. The van der Waals surface area contributed by atoms with E-state index >= 15 is 0 Å². The molecule has 0 radical (unpaired) electrons. The van der Waals surface area contributed by atoms with Crippen LogP contribution in [0.25, 0.3) is 0 Å². The molecule has 0 bridgehead atoms. The largest absolute Gasteiger partial charge is 0.340 e. The van der Waals surface area contributed by atoms with Crippen molar-refractivity contribution in [2.24, 2.45) is 0 Å². The fourth-order valence-electron chi connectivity index (χ4n) is 0.781. The van der Waals surface area contributed by atoms with Gasteiger partial charge < -0.3 is 4.90 Å². The molecule has 1 amide bonds. The number of carbonyl (C=O) groups excluding carboxylic acids is 1. The third-order valence-corrected chi connectivity index (χ3v) is 1.42. The summed E-state index contributed by atoms with van der Waals surface area (Å²) in [6.07, 6.45) is 0. The van der Waals surface area contributed by atoms with Crippen LogP contribution in [0.15, 0.2) is 12.2 Å². The molecule has 0 aromatic heterocycles. The molecule has 0 aliphatic heterocycles. The highest BCUT2D eigenvalue weighted by atomic mass is 16.2. The van der Waals surface area contributed by atoms with Gasteiger partial charge >= 0.3 is 0 Å². The lowest BCUT2D eigenvalue weighted by molar-refractivity contribution is -0.126. The Balaban J connectivity index is 0. The molecule has 0 aliphatic rings. The molecular weight excluding hydrogens is 150 g/mol. The topological polar surface area (TPSA) is 20.3 Å². The molecule has 0 rings (SSSR count). The fourth-order valence-corrected chi connectivity index (χ4v) is 0.781. The minimum Gasteiger partial charge on any atom is -0.340 e. The van der Waals surface area contributed by atoms with Gasteiger partial charge in [0.2, 0.25) is 5.91 Å². The molecule has 2 heteroatoms. The van der Waals surface area contributed by atoms with Crippen molar-refractivity contribution >= 4 is 5.91 Å². The minimum atomic E-state index is 0.0602. The van der Waals surface area contributed by atoms with Crippen LogP contribution in [-0.2, 0) is 4.79 Å². The summed E-state index contributed by atoms with van der Waals surface area (Å²) in [6, 6.07) is 0. The molecule has 0 aromatic rings. The maximum Gasteiger partial charge on any atom is 0.248 e. The zero-order valence-electron chi connectivity index (χ0n) is 8.98. The number of nitrogens with zero attached hydrogens (tertiary/aromatic N) is 1. The van der Waals surface area contributed by atoms with Gasteiger partial charge in [-0.25, -0.2) is 0 Å². The first kappa shape index (κ1) is 13.8. The fraction of sp³-hybridized carbons (Fsp3) is 0.700. The highest BCUT2D eigenvalue weighted by Gasteiger charge is 2.08.